The quantitative estimate of drug-likeness (QED) is 0.311. The molecule has 0 fully saturated rings. The van der Waals surface area contributed by atoms with Crippen LogP contribution in [-0.4, -0.2) is 22.8 Å². The molecule has 1 aromatic carbocycles. The molecule has 1 aliphatic heterocycles. The molecule has 0 bridgehead atoms. The third kappa shape index (κ3) is 2.15. The Balaban J connectivity index is 2.25. The number of H-pyrrole nitrogens is 1. The van der Waals surface area contributed by atoms with E-state index in [0.717, 1.165) is 11.8 Å². The predicted octanol–water partition coefficient (Wildman–Crippen LogP) is 2.48. The van der Waals surface area contributed by atoms with E-state index in [0.29, 0.717) is 40.9 Å². The van der Waals surface area contributed by atoms with Gasteiger partial charge in [-0.3, -0.25) is 4.79 Å². The van der Waals surface area contributed by atoms with Gasteiger partial charge in [-0.05, 0) is 11.6 Å². The van der Waals surface area contributed by atoms with Crippen molar-refractivity contribution in [2.75, 3.05) is 18.1 Å². The van der Waals surface area contributed by atoms with Gasteiger partial charge in [-0.25, -0.2) is 4.39 Å². The smallest absolute Gasteiger partial charge is 0.272 e. The summed E-state index contributed by atoms with van der Waals surface area (Å²) in [5.74, 6) is -0.296. The number of fused-ring (bicyclic) bond motifs is 3. The molecule has 0 radical (unpaired) electrons. The Hall–Kier alpha value is -3.13. The van der Waals surface area contributed by atoms with Crippen molar-refractivity contribution in [2.45, 2.75) is 6.42 Å². The van der Waals surface area contributed by atoms with Crippen LogP contribution in [0.5, 0.6) is 5.88 Å². The summed E-state index contributed by atoms with van der Waals surface area (Å²) in [5, 5.41) is 8.26. The first kappa shape index (κ1) is 16.3. The van der Waals surface area contributed by atoms with Gasteiger partial charge < -0.3 is 26.6 Å². The first-order valence-corrected chi connectivity index (χ1v) is 8.07. The number of halogens is 2. The summed E-state index contributed by atoms with van der Waals surface area (Å²) >= 11 is 6.22. The van der Waals surface area contributed by atoms with E-state index < -0.39 is 11.4 Å². The van der Waals surface area contributed by atoms with Gasteiger partial charge in [-0.2, -0.15) is 4.98 Å². The molecule has 9 heteroatoms. The number of aromatic nitrogens is 2. The summed E-state index contributed by atoms with van der Waals surface area (Å²) in [6.45, 7) is 0.416. The summed E-state index contributed by atoms with van der Waals surface area (Å²) in [6, 6.07) is 2.61. The molecule has 1 aliphatic rings. The lowest BCUT2D eigenvalue weighted by Crippen LogP contribution is -2.15. The number of hydrogen-bond acceptors (Lipinski definition) is 6. The van der Waals surface area contributed by atoms with Crippen LogP contribution >= 0.6 is 11.6 Å². The molecular formula is C17H13ClFN5O2. The van der Waals surface area contributed by atoms with Gasteiger partial charge in [0.15, 0.2) is 5.15 Å². The summed E-state index contributed by atoms with van der Waals surface area (Å²) in [6.07, 6.45) is 1.48. The number of ether oxygens (including phenoxy) is 1. The van der Waals surface area contributed by atoms with Crippen molar-refractivity contribution < 1.29 is 9.13 Å². The number of nitrogens with one attached hydrogen (secondary N) is 2. The molecule has 7 nitrogen and oxygen atoms in total. The molecular weight excluding hydrogens is 361 g/mol. The summed E-state index contributed by atoms with van der Waals surface area (Å²) in [4.78, 5) is 19.2. The third-order valence-corrected chi connectivity index (χ3v) is 4.73. The summed E-state index contributed by atoms with van der Waals surface area (Å²) in [5.41, 5.74) is 12.9. The highest BCUT2D eigenvalue weighted by Gasteiger charge is 2.26. The van der Waals surface area contributed by atoms with Crippen molar-refractivity contribution in [3.05, 3.63) is 44.6 Å². The lowest BCUT2D eigenvalue weighted by Gasteiger charge is -2.16. The number of rotatable bonds is 2. The summed E-state index contributed by atoms with van der Waals surface area (Å²) in [7, 11) is 0. The standard InChI is InChI=1S/C17H13ClFN5O2/c18-15-14-11(7-3-4-26-17(7)24-15)10(13(22)16(25)23-14)6-1-2-9(19)12(21)8(6)5-20/h1-2,5,20H,3-4,21-22H2,(H,23,25). The topological polar surface area (TPSA) is 131 Å². The highest BCUT2D eigenvalue weighted by atomic mass is 35.5. The fourth-order valence-corrected chi connectivity index (χ4v) is 3.48. The second-order valence-corrected chi connectivity index (χ2v) is 6.20. The SMILES string of the molecule is N=Cc1c(-c2c(N)c(=O)[nH]c3c(Cl)nc4c(c23)CCO4)ccc(F)c1N. The van der Waals surface area contributed by atoms with Crippen molar-refractivity contribution in [3.8, 4) is 17.0 Å². The minimum absolute atomic E-state index is 0.0606. The van der Waals surface area contributed by atoms with E-state index >= 15 is 0 Å². The lowest BCUT2D eigenvalue weighted by molar-refractivity contribution is 0.345. The monoisotopic (exact) mass is 373 g/mol. The van der Waals surface area contributed by atoms with Crippen molar-refractivity contribution in [3.63, 3.8) is 0 Å². The Bertz CT molecular complexity index is 1160. The molecule has 0 aliphatic carbocycles. The van der Waals surface area contributed by atoms with Crippen LogP contribution in [0.1, 0.15) is 11.1 Å². The van der Waals surface area contributed by atoms with Gasteiger partial charge in [-0.15, -0.1) is 0 Å². The van der Waals surface area contributed by atoms with Gasteiger partial charge in [0, 0.05) is 34.7 Å². The molecule has 0 saturated carbocycles. The first-order chi connectivity index (χ1) is 12.4. The highest BCUT2D eigenvalue weighted by molar-refractivity contribution is 6.34. The normalized spacial score (nSPS) is 12.8. The number of nitrogen functional groups attached to an aromatic ring is 2. The molecule has 0 amide bonds. The fraction of sp³-hybridized carbons (Fsp3) is 0.118. The van der Waals surface area contributed by atoms with Gasteiger partial charge in [0.2, 0.25) is 5.88 Å². The lowest BCUT2D eigenvalue weighted by atomic mass is 9.92. The molecule has 3 aromatic rings. The Morgan fingerprint density at radius 2 is 2.12 bits per heavy atom. The van der Waals surface area contributed by atoms with Crippen LogP contribution in [-0.2, 0) is 6.42 Å². The van der Waals surface area contributed by atoms with Crippen LogP contribution in [0, 0.1) is 11.2 Å². The zero-order chi connectivity index (χ0) is 18.6. The number of nitrogens with two attached hydrogens (primary N) is 2. The van der Waals surface area contributed by atoms with Crippen molar-refractivity contribution in [1.82, 2.24) is 9.97 Å². The van der Waals surface area contributed by atoms with E-state index in [1.54, 1.807) is 0 Å². The molecule has 132 valence electrons. The second-order valence-electron chi connectivity index (χ2n) is 5.84. The van der Waals surface area contributed by atoms with E-state index in [-0.39, 0.29) is 22.1 Å². The van der Waals surface area contributed by atoms with E-state index in [2.05, 4.69) is 9.97 Å². The van der Waals surface area contributed by atoms with E-state index in [9.17, 15) is 9.18 Å². The molecule has 3 heterocycles. The Kier molecular flexibility index (Phi) is 3.58. The van der Waals surface area contributed by atoms with E-state index in [1.165, 1.54) is 12.1 Å². The minimum atomic E-state index is -0.659. The minimum Gasteiger partial charge on any atom is -0.477 e. The number of hydrogen-bond donors (Lipinski definition) is 4. The number of nitrogens with zero attached hydrogens (tertiary/aromatic N) is 1. The van der Waals surface area contributed by atoms with Crippen molar-refractivity contribution in [2.24, 2.45) is 0 Å². The van der Waals surface area contributed by atoms with Gasteiger partial charge in [-0.1, -0.05) is 17.7 Å². The van der Waals surface area contributed by atoms with Crippen LogP contribution in [0.3, 0.4) is 0 Å². The molecule has 2 aromatic heterocycles. The van der Waals surface area contributed by atoms with Crippen molar-refractivity contribution in [1.29, 1.82) is 5.41 Å². The number of benzene rings is 1. The molecule has 4 rings (SSSR count). The van der Waals surface area contributed by atoms with Crippen LogP contribution in [0.4, 0.5) is 15.8 Å². The Labute approximate surface area is 151 Å². The maximum atomic E-state index is 13.9. The zero-order valence-electron chi connectivity index (χ0n) is 13.3. The van der Waals surface area contributed by atoms with Crippen LogP contribution in [0.25, 0.3) is 22.0 Å². The molecule has 0 saturated heterocycles. The van der Waals surface area contributed by atoms with Gasteiger partial charge in [0.25, 0.3) is 5.56 Å². The van der Waals surface area contributed by atoms with Gasteiger partial charge >= 0.3 is 0 Å². The average Bonchev–Trinajstić information content (AvgIpc) is 3.07. The molecule has 6 N–H and O–H groups in total. The maximum Gasteiger partial charge on any atom is 0.272 e. The number of pyridine rings is 2. The highest BCUT2D eigenvalue weighted by Crippen LogP contribution is 2.42. The van der Waals surface area contributed by atoms with Gasteiger partial charge in [0.1, 0.15) is 11.5 Å². The largest absolute Gasteiger partial charge is 0.477 e. The van der Waals surface area contributed by atoms with Gasteiger partial charge in [0.05, 0.1) is 17.8 Å². The Morgan fingerprint density at radius 1 is 1.35 bits per heavy atom. The molecule has 0 unspecified atom stereocenters. The van der Waals surface area contributed by atoms with Crippen LogP contribution in [0.2, 0.25) is 5.15 Å². The first-order valence-electron chi connectivity index (χ1n) is 7.69. The third-order valence-electron chi connectivity index (χ3n) is 4.46. The predicted molar refractivity (Wildman–Crippen MR) is 98.7 cm³/mol. The molecule has 0 spiro atoms. The average molecular weight is 374 g/mol. The number of aromatic amines is 1. The van der Waals surface area contributed by atoms with Crippen LogP contribution in [0.15, 0.2) is 16.9 Å². The molecule has 0 atom stereocenters. The second kappa shape index (κ2) is 5.70. The Morgan fingerprint density at radius 3 is 2.85 bits per heavy atom. The zero-order valence-corrected chi connectivity index (χ0v) is 14.1. The fourth-order valence-electron chi connectivity index (χ4n) is 3.26. The maximum absolute atomic E-state index is 13.9. The van der Waals surface area contributed by atoms with Crippen LogP contribution < -0.4 is 21.8 Å². The number of anilines is 2. The van der Waals surface area contributed by atoms with E-state index in [1.807, 2.05) is 0 Å². The molecule has 26 heavy (non-hydrogen) atoms. The van der Waals surface area contributed by atoms with E-state index in [4.69, 9.17) is 33.2 Å². The summed E-state index contributed by atoms with van der Waals surface area (Å²) < 4.78 is 19.4. The van der Waals surface area contributed by atoms with Crippen molar-refractivity contribution >= 4 is 40.1 Å².